The first-order valence-corrected chi connectivity index (χ1v) is 7.56. The van der Waals surface area contributed by atoms with Gasteiger partial charge in [0.15, 0.2) is 0 Å². The van der Waals surface area contributed by atoms with Crippen LogP contribution in [-0.4, -0.2) is 18.7 Å². The maximum absolute atomic E-state index is 12.1. The molecule has 0 bridgehead atoms. The SMILES string of the molecule is CCCCOP(=O)(OC(C)=O)OC(CC)CC. The zero-order valence-corrected chi connectivity index (χ0v) is 12.0. The molecule has 0 aliphatic carbocycles. The third-order valence-electron chi connectivity index (χ3n) is 2.18. The lowest BCUT2D eigenvalue weighted by molar-refractivity contribution is -0.134. The van der Waals surface area contributed by atoms with Crippen molar-refractivity contribution in [1.82, 2.24) is 0 Å². The Hall–Kier alpha value is -0.380. The second kappa shape index (κ2) is 8.67. The van der Waals surface area contributed by atoms with Crippen molar-refractivity contribution in [2.75, 3.05) is 6.61 Å². The van der Waals surface area contributed by atoms with Gasteiger partial charge in [-0.1, -0.05) is 27.2 Å². The maximum Gasteiger partial charge on any atom is 0.532 e. The fourth-order valence-electron chi connectivity index (χ4n) is 1.18. The average Bonchev–Trinajstić information content (AvgIpc) is 2.25. The quantitative estimate of drug-likeness (QED) is 0.470. The molecule has 0 rings (SSSR count). The van der Waals surface area contributed by atoms with Crippen molar-refractivity contribution in [3.63, 3.8) is 0 Å². The zero-order chi connectivity index (χ0) is 13.3. The predicted molar refractivity (Wildman–Crippen MR) is 65.7 cm³/mol. The molecule has 0 N–H and O–H groups in total. The van der Waals surface area contributed by atoms with Crippen LogP contribution >= 0.6 is 7.82 Å². The predicted octanol–water partition coefficient (Wildman–Crippen LogP) is 3.68. The third kappa shape index (κ3) is 7.53. The van der Waals surface area contributed by atoms with Crippen LogP contribution < -0.4 is 0 Å². The molecule has 0 radical (unpaired) electrons. The Labute approximate surface area is 103 Å². The van der Waals surface area contributed by atoms with Gasteiger partial charge in [0, 0.05) is 6.92 Å². The first-order chi connectivity index (χ1) is 7.97. The van der Waals surface area contributed by atoms with E-state index in [-0.39, 0.29) is 12.7 Å². The summed E-state index contributed by atoms with van der Waals surface area (Å²) in [7, 11) is -3.74. The number of hydrogen-bond donors (Lipinski definition) is 0. The van der Waals surface area contributed by atoms with E-state index >= 15 is 0 Å². The fraction of sp³-hybridized carbons (Fsp3) is 0.909. The van der Waals surface area contributed by atoms with Gasteiger partial charge in [0.2, 0.25) is 0 Å². The van der Waals surface area contributed by atoms with Gasteiger partial charge in [0.25, 0.3) is 0 Å². The van der Waals surface area contributed by atoms with Gasteiger partial charge in [-0.3, -0.25) is 13.8 Å². The highest BCUT2D eigenvalue weighted by Gasteiger charge is 2.32. The van der Waals surface area contributed by atoms with Gasteiger partial charge in [-0.15, -0.1) is 0 Å². The molecule has 5 nitrogen and oxygen atoms in total. The van der Waals surface area contributed by atoms with Crippen LogP contribution in [0.3, 0.4) is 0 Å². The number of carbonyl (C=O) groups is 1. The Balaban J connectivity index is 4.48. The molecule has 1 atom stereocenters. The molecule has 0 aromatic carbocycles. The van der Waals surface area contributed by atoms with Crippen molar-refractivity contribution in [3.8, 4) is 0 Å². The standard InChI is InChI=1S/C11H23O5P/c1-5-8-9-14-17(13,15-10(4)12)16-11(6-2)7-3/h11H,5-9H2,1-4H3. The molecule has 0 aliphatic rings. The number of hydrogen-bond acceptors (Lipinski definition) is 5. The van der Waals surface area contributed by atoms with E-state index in [1.165, 1.54) is 6.92 Å². The Bertz CT molecular complexity index is 263. The first-order valence-electron chi connectivity index (χ1n) is 6.10. The van der Waals surface area contributed by atoms with Crippen LogP contribution in [0.5, 0.6) is 0 Å². The van der Waals surface area contributed by atoms with Crippen molar-refractivity contribution < 1.29 is 22.9 Å². The van der Waals surface area contributed by atoms with E-state index in [0.29, 0.717) is 12.8 Å². The molecular weight excluding hydrogens is 243 g/mol. The lowest BCUT2D eigenvalue weighted by Crippen LogP contribution is -2.13. The van der Waals surface area contributed by atoms with E-state index in [9.17, 15) is 9.36 Å². The number of rotatable bonds is 9. The number of carbonyl (C=O) groups excluding carboxylic acids is 1. The largest absolute Gasteiger partial charge is 0.532 e. The minimum Gasteiger partial charge on any atom is -0.371 e. The van der Waals surface area contributed by atoms with Crippen LogP contribution in [-0.2, 0) is 22.9 Å². The van der Waals surface area contributed by atoms with Gasteiger partial charge < -0.3 is 4.52 Å². The van der Waals surface area contributed by atoms with E-state index in [2.05, 4.69) is 0 Å². The molecule has 0 saturated carbocycles. The molecule has 102 valence electrons. The molecule has 0 aromatic rings. The summed E-state index contributed by atoms with van der Waals surface area (Å²) >= 11 is 0. The van der Waals surface area contributed by atoms with Gasteiger partial charge in [0.05, 0.1) is 12.7 Å². The summed E-state index contributed by atoms with van der Waals surface area (Å²) in [6.45, 7) is 7.27. The van der Waals surface area contributed by atoms with Crippen molar-refractivity contribution in [2.24, 2.45) is 0 Å². The van der Waals surface area contributed by atoms with Crippen LogP contribution in [0.1, 0.15) is 53.4 Å². The third-order valence-corrected chi connectivity index (χ3v) is 3.71. The van der Waals surface area contributed by atoms with Crippen LogP contribution in [0.25, 0.3) is 0 Å². The molecule has 0 amide bonds. The summed E-state index contributed by atoms with van der Waals surface area (Å²) in [5, 5.41) is 0. The first kappa shape index (κ1) is 16.6. The summed E-state index contributed by atoms with van der Waals surface area (Å²) in [6.07, 6.45) is 2.82. The maximum atomic E-state index is 12.1. The van der Waals surface area contributed by atoms with Gasteiger partial charge in [-0.25, -0.2) is 4.57 Å². The Morgan fingerprint density at radius 3 is 2.24 bits per heavy atom. The molecule has 1 unspecified atom stereocenters. The van der Waals surface area contributed by atoms with Crippen molar-refractivity contribution in [2.45, 2.75) is 59.5 Å². The van der Waals surface area contributed by atoms with Crippen LogP contribution in [0.2, 0.25) is 0 Å². The van der Waals surface area contributed by atoms with Crippen molar-refractivity contribution in [3.05, 3.63) is 0 Å². The zero-order valence-electron chi connectivity index (χ0n) is 11.1. The van der Waals surface area contributed by atoms with Crippen LogP contribution in [0, 0.1) is 0 Å². The summed E-state index contributed by atoms with van der Waals surface area (Å²) in [5.74, 6) is -0.657. The van der Waals surface area contributed by atoms with Crippen LogP contribution in [0.4, 0.5) is 0 Å². The molecule has 0 spiro atoms. The van der Waals surface area contributed by atoms with Gasteiger partial charge in [-0.2, -0.15) is 0 Å². The number of phosphoric acid groups is 1. The summed E-state index contributed by atoms with van der Waals surface area (Å²) < 4.78 is 27.2. The molecule has 0 fully saturated rings. The molecule has 17 heavy (non-hydrogen) atoms. The second-order valence-electron chi connectivity index (χ2n) is 3.76. The molecule has 6 heteroatoms. The van der Waals surface area contributed by atoms with E-state index < -0.39 is 13.8 Å². The summed E-state index contributed by atoms with van der Waals surface area (Å²) in [6, 6.07) is 0. The van der Waals surface area contributed by atoms with Crippen molar-refractivity contribution in [1.29, 1.82) is 0 Å². The highest BCUT2D eigenvalue weighted by molar-refractivity contribution is 7.49. The number of unbranched alkanes of at least 4 members (excludes halogenated alkanes) is 1. The van der Waals surface area contributed by atoms with Gasteiger partial charge in [-0.05, 0) is 19.3 Å². The Kier molecular flexibility index (Phi) is 8.48. The van der Waals surface area contributed by atoms with Gasteiger partial charge >= 0.3 is 13.8 Å². The number of phosphoric ester groups is 1. The lowest BCUT2D eigenvalue weighted by atomic mass is 10.2. The fourth-order valence-corrected chi connectivity index (χ4v) is 2.66. The van der Waals surface area contributed by atoms with E-state index in [1.807, 2.05) is 20.8 Å². The smallest absolute Gasteiger partial charge is 0.371 e. The second-order valence-corrected chi connectivity index (χ2v) is 5.31. The molecule has 0 heterocycles. The summed E-state index contributed by atoms with van der Waals surface area (Å²) in [4.78, 5) is 10.9. The minimum atomic E-state index is -3.74. The van der Waals surface area contributed by atoms with E-state index in [0.717, 1.165) is 12.8 Å². The minimum absolute atomic E-state index is 0.221. The van der Waals surface area contributed by atoms with E-state index in [4.69, 9.17) is 13.6 Å². The molecule has 0 saturated heterocycles. The Morgan fingerprint density at radius 2 is 1.82 bits per heavy atom. The van der Waals surface area contributed by atoms with Crippen LogP contribution in [0.15, 0.2) is 0 Å². The topological polar surface area (TPSA) is 61.8 Å². The average molecular weight is 266 g/mol. The monoisotopic (exact) mass is 266 g/mol. The highest BCUT2D eigenvalue weighted by Crippen LogP contribution is 2.51. The molecule has 0 aliphatic heterocycles. The lowest BCUT2D eigenvalue weighted by Gasteiger charge is -2.21. The van der Waals surface area contributed by atoms with E-state index in [1.54, 1.807) is 0 Å². The highest BCUT2D eigenvalue weighted by atomic mass is 31.2. The molecule has 0 aromatic heterocycles. The summed E-state index contributed by atoms with van der Waals surface area (Å²) in [5.41, 5.74) is 0. The van der Waals surface area contributed by atoms with Crippen molar-refractivity contribution >= 4 is 13.8 Å². The molecular formula is C11H23O5P. The Morgan fingerprint density at radius 1 is 1.24 bits per heavy atom. The van der Waals surface area contributed by atoms with Gasteiger partial charge in [0.1, 0.15) is 0 Å². The normalized spacial score (nSPS) is 14.6.